The fourth-order valence-electron chi connectivity index (χ4n) is 4.27. The first-order chi connectivity index (χ1) is 12.6. The van der Waals surface area contributed by atoms with Gasteiger partial charge in [0.25, 0.3) is 5.91 Å². The largest absolute Gasteiger partial charge is 0.355 e. The number of likely N-dealkylation sites (N-methyl/N-ethyl adjacent to an activating group) is 2. The molecule has 150 valence electrons. The van der Waals surface area contributed by atoms with E-state index in [-0.39, 0.29) is 11.4 Å². The second-order valence-electron chi connectivity index (χ2n) is 8.94. The predicted octanol–water partition coefficient (Wildman–Crippen LogP) is 1.40. The van der Waals surface area contributed by atoms with E-state index in [1.54, 1.807) is 0 Å². The molecule has 0 spiro atoms. The lowest BCUT2D eigenvalue weighted by Gasteiger charge is -2.45. The highest BCUT2D eigenvalue weighted by molar-refractivity contribution is 5.91. The smallest absolute Gasteiger partial charge is 0.292 e. The number of hydrogen-bond donors (Lipinski definition) is 0. The van der Waals surface area contributed by atoms with Crippen molar-refractivity contribution in [2.75, 3.05) is 58.8 Å². The highest BCUT2D eigenvalue weighted by atomic mass is 16.2. The monoisotopic (exact) mass is 374 g/mol. The zero-order chi connectivity index (χ0) is 19.9. The Morgan fingerprint density at radius 1 is 1.15 bits per heavy atom. The van der Waals surface area contributed by atoms with Crippen molar-refractivity contribution in [3.05, 3.63) is 17.1 Å². The summed E-state index contributed by atoms with van der Waals surface area (Å²) in [4.78, 5) is 31.4. The Hall–Kier alpha value is -1.73. The van der Waals surface area contributed by atoms with Crippen LogP contribution in [0.5, 0.6) is 0 Å². The van der Waals surface area contributed by atoms with Crippen molar-refractivity contribution in [1.82, 2.24) is 24.7 Å². The molecule has 0 aliphatic carbocycles. The van der Waals surface area contributed by atoms with E-state index in [1.807, 2.05) is 11.8 Å². The number of aryl methyl sites for hydroxylation is 1. The maximum Gasteiger partial charge on any atom is 0.292 e. The van der Waals surface area contributed by atoms with Crippen LogP contribution in [0.2, 0.25) is 0 Å². The van der Waals surface area contributed by atoms with Crippen LogP contribution in [0.15, 0.2) is 0 Å². The van der Waals surface area contributed by atoms with Crippen LogP contribution in [-0.4, -0.2) is 96.0 Å². The van der Waals surface area contributed by atoms with Gasteiger partial charge in [0.15, 0.2) is 0 Å². The van der Waals surface area contributed by atoms with E-state index in [0.717, 1.165) is 49.7 Å². The summed E-state index contributed by atoms with van der Waals surface area (Å²) in [6, 6.07) is 0.524. The van der Waals surface area contributed by atoms with Crippen LogP contribution in [0.1, 0.15) is 42.1 Å². The van der Waals surface area contributed by atoms with E-state index in [1.165, 1.54) is 0 Å². The second kappa shape index (κ2) is 7.36. The molecule has 2 fully saturated rings. The van der Waals surface area contributed by atoms with E-state index in [0.29, 0.717) is 18.4 Å². The first kappa shape index (κ1) is 20.0. The number of carbonyl (C=O) groups is 1. The normalized spacial score (nSPS) is 23.3. The van der Waals surface area contributed by atoms with Gasteiger partial charge in [0.2, 0.25) is 5.82 Å². The van der Waals surface area contributed by atoms with Crippen LogP contribution in [0, 0.1) is 13.8 Å². The lowest BCUT2D eigenvalue weighted by molar-refractivity contribution is 0.0237. The number of piperazine rings is 1. The Labute approximate surface area is 163 Å². The van der Waals surface area contributed by atoms with Gasteiger partial charge in [-0.1, -0.05) is 0 Å². The van der Waals surface area contributed by atoms with Crippen LogP contribution in [0.3, 0.4) is 0 Å². The van der Waals surface area contributed by atoms with E-state index in [2.05, 4.69) is 61.6 Å². The molecule has 1 aromatic rings. The molecule has 3 heterocycles. The minimum absolute atomic E-state index is 0.0548. The molecule has 7 nitrogen and oxygen atoms in total. The summed E-state index contributed by atoms with van der Waals surface area (Å²) < 4.78 is 0. The average Bonchev–Trinajstić information content (AvgIpc) is 3.06. The number of rotatable bonds is 3. The average molecular weight is 375 g/mol. The summed E-state index contributed by atoms with van der Waals surface area (Å²) in [5.74, 6) is 1.20. The molecule has 0 bridgehead atoms. The van der Waals surface area contributed by atoms with Crippen LogP contribution in [-0.2, 0) is 0 Å². The first-order valence-electron chi connectivity index (χ1n) is 9.87. The van der Waals surface area contributed by atoms with Gasteiger partial charge in [-0.15, -0.1) is 0 Å². The Morgan fingerprint density at radius 2 is 1.85 bits per heavy atom. The quantitative estimate of drug-likeness (QED) is 0.797. The lowest BCUT2D eigenvalue weighted by Crippen LogP contribution is -2.60. The topological polar surface area (TPSA) is 55.8 Å². The van der Waals surface area contributed by atoms with Crippen molar-refractivity contribution in [2.45, 2.75) is 45.7 Å². The molecule has 0 radical (unpaired) electrons. The van der Waals surface area contributed by atoms with Gasteiger partial charge in [0.05, 0.1) is 5.54 Å². The number of amides is 1. The molecular weight excluding hydrogens is 340 g/mol. The number of hydrogen-bond acceptors (Lipinski definition) is 6. The second-order valence-corrected chi connectivity index (χ2v) is 8.94. The molecular formula is C20H34N6O. The third-order valence-corrected chi connectivity index (χ3v) is 6.09. The number of anilines is 1. The van der Waals surface area contributed by atoms with Crippen LogP contribution in [0.4, 0.5) is 5.82 Å². The van der Waals surface area contributed by atoms with Crippen molar-refractivity contribution in [1.29, 1.82) is 0 Å². The van der Waals surface area contributed by atoms with Gasteiger partial charge < -0.3 is 19.6 Å². The third kappa shape index (κ3) is 3.94. The predicted molar refractivity (Wildman–Crippen MR) is 108 cm³/mol. The van der Waals surface area contributed by atoms with Crippen molar-refractivity contribution in [2.24, 2.45) is 0 Å². The Bertz CT molecular complexity index is 717. The van der Waals surface area contributed by atoms with Crippen LogP contribution >= 0.6 is 0 Å². The van der Waals surface area contributed by atoms with Gasteiger partial charge in [-0.2, -0.15) is 0 Å². The van der Waals surface area contributed by atoms with Crippen LogP contribution in [0.25, 0.3) is 0 Å². The molecule has 0 unspecified atom stereocenters. The minimum Gasteiger partial charge on any atom is -0.355 e. The molecule has 0 aromatic carbocycles. The number of carbonyl (C=O) groups excluding carboxylic acids is 1. The zero-order valence-electron chi connectivity index (χ0n) is 17.9. The van der Waals surface area contributed by atoms with Crippen molar-refractivity contribution >= 4 is 11.7 Å². The van der Waals surface area contributed by atoms with E-state index < -0.39 is 0 Å². The van der Waals surface area contributed by atoms with Crippen molar-refractivity contribution in [3.63, 3.8) is 0 Å². The maximum absolute atomic E-state index is 13.3. The highest BCUT2D eigenvalue weighted by Crippen LogP contribution is 2.27. The molecule has 1 amide bonds. The molecule has 3 rings (SSSR count). The Balaban J connectivity index is 1.89. The fraction of sp³-hybridized carbons (Fsp3) is 0.750. The van der Waals surface area contributed by atoms with Gasteiger partial charge in [-0.3, -0.25) is 4.79 Å². The van der Waals surface area contributed by atoms with Gasteiger partial charge >= 0.3 is 0 Å². The maximum atomic E-state index is 13.3. The third-order valence-electron chi connectivity index (χ3n) is 6.09. The summed E-state index contributed by atoms with van der Waals surface area (Å²) >= 11 is 0. The molecule has 1 atom stereocenters. The van der Waals surface area contributed by atoms with Crippen molar-refractivity contribution < 1.29 is 4.79 Å². The molecule has 0 saturated carbocycles. The van der Waals surface area contributed by atoms with Gasteiger partial charge in [0, 0.05) is 50.0 Å². The SMILES string of the molecule is Cc1nc(C(=O)N2CCN(C)CC2(C)C)nc(N2CC[C@@H](N(C)C)C2)c1C. The van der Waals surface area contributed by atoms with Gasteiger partial charge in [0.1, 0.15) is 5.82 Å². The molecule has 0 N–H and O–H groups in total. The Morgan fingerprint density at radius 3 is 2.44 bits per heavy atom. The number of nitrogens with zero attached hydrogens (tertiary/aromatic N) is 6. The van der Waals surface area contributed by atoms with Crippen molar-refractivity contribution in [3.8, 4) is 0 Å². The standard InChI is InChI=1S/C20H34N6O/c1-14-15(2)21-17(19(27)26-11-10-24(7)13-20(26,3)4)22-18(14)25-9-8-16(12-25)23(5)6/h16H,8-13H2,1-7H3/t16-/m1/s1. The molecule has 27 heavy (non-hydrogen) atoms. The lowest BCUT2D eigenvalue weighted by atomic mass is 9.99. The van der Waals surface area contributed by atoms with Crippen LogP contribution < -0.4 is 4.90 Å². The molecule has 1 aromatic heterocycles. The van der Waals surface area contributed by atoms with E-state index >= 15 is 0 Å². The molecule has 2 aliphatic rings. The van der Waals surface area contributed by atoms with Gasteiger partial charge in [-0.05, 0) is 55.3 Å². The Kier molecular flexibility index (Phi) is 5.45. The first-order valence-corrected chi connectivity index (χ1v) is 9.87. The van der Waals surface area contributed by atoms with E-state index in [9.17, 15) is 4.79 Å². The summed E-state index contributed by atoms with van der Waals surface area (Å²) in [6.07, 6.45) is 1.12. The summed E-state index contributed by atoms with van der Waals surface area (Å²) in [6.45, 7) is 12.6. The summed E-state index contributed by atoms with van der Waals surface area (Å²) in [5.41, 5.74) is 1.74. The fourth-order valence-corrected chi connectivity index (χ4v) is 4.27. The van der Waals surface area contributed by atoms with Gasteiger partial charge in [-0.25, -0.2) is 9.97 Å². The minimum atomic E-state index is -0.226. The summed E-state index contributed by atoms with van der Waals surface area (Å²) in [7, 11) is 6.34. The van der Waals surface area contributed by atoms with E-state index in [4.69, 9.17) is 4.98 Å². The molecule has 2 saturated heterocycles. The molecule has 7 heteroatoms. The zero-order valence-corrected chi connectivity index (χ0v) is 17.9. The molecule has 2 aliphatic heterocycles. The number of aromatic nitrogens is 2. The highest BCUT2D eigenvalue weighted by Gasteiger charge is 2.37. The summed E-state index contributed by atoms with van der Waals surface area (Å²) in [5, 5.41) is 0.